The van der Waals surface area contributed by atoms with Crippen LogP contribution in [0.1, 0.15) is 146 Å². The number of rotatable bonds is 11. The minimum Gasteiger partial charge on any atom is -0.494 e. The molecule has 0 bridgehead atoms. The Morgan fingerprint density at radius 1 is 0.614 bits per heavy atom. The van der Waals surface area contributed by atoms with E-state index >= 15 is 0 Å². The zero-order valence-electron chi connectivity index (χ0n) is 48.9. The van der Waals surface area contributed by atoms with Crippen molar-refractivity contribution in [2.75, 3.05) is 92.2 Å². The summed E-state index contributed by atoms with van der Waals surface area (Å²) in [6.45, 7) is 16.4. The van der Waals surface area contributed by atoms with Crippen LogP contribution in [0.25, 0.3) is 0 Å². The number of methoxy groups -OCH3 is 1. The van der Waals surface area contributed by atoms with Gasteiger partial charge < -0.3 is 15.0 Å². The van der Waals surface area contributed by atoms with Gasteiger partial charge >= 0.3 is 0 Å². The fourth-order valence-corrected chi connectivity index (χ4v) is 13.9. The maximum Gasteiger partial charge on any atom is 0.257 e. The maximum atomic E-state index is 14.9. The van der Waals surface area contributed by atoms with Gasteiger partial charge in [0.1, 0.15) is 11.7 Å². The number of hydrogen-bond donors (Lipinski definition) is 2. The van der Waals surface area contributed by atoms with Crippen molar-refractivity contribution in [3.63, 3.8) is 0 Å². The molecule has 16 heteroatoms. The summed E-state index contributed by atoms with van der Waals surface area (Å²) < 4.78 is 22.0. The van der Waals surface area contributed by atoms with Gasteiger partial charge in [-0.1, -0.05) is 144 Å². The van der Waals surface area contributed by atoms with Crippen molar-refractivity contribution in [2.45, 2.75) is 140 Å². The van der Waals surface area contributed by atoms with E-state index in [9.17, 15) is 23.6 Å². The van der Waals surface area contributed by atoms with E-state index in [1.807, 2.05) is 24.3 Å². The Hall–Kier alpha value is -4.83. The molecule has 4 saturated heterocycles. The highest BCUT2D eigenvalue weighted by molar-refractivity contribution is 9.10. The largest absolute Gasteiger partial charge is 0.494 e. The summed E-state index contributed by atoms with van der Waals surface area (Å²) in [7, 11) is 1.34. The van der Waals surface area contributed by atoms with Crippen LogP contribution in [0.4, 0.5) is 4.39 Å². The first-order valence-corrected chi connectivity index (χ1v) is 32.5. The topological polar surface area (TPSA) is 121 Å². The molecule has 5 aliphatic heterocycles. The van der Waals surface area contributed by atoms with Crippen molar-refractivity contribution < 1.29 is 28.3 Å². The van der Waals surface area contributed by atoms with Crippen molar-refractivity contribution in [1.82, 2.24) is 40.0 Å². The number of piperazine rings is 3. The van der Waals surface area contributed by atoms with E-state index in [2.05, 4.69) is 115 Å². The van der Waals surface area contributed by atoms with Gasteiger partial charge in [-0.25, -0.2) is 4.39 Å². The summed E-state index contributed by atoms with van der Waals surface area (Å²) in [5.41, 5.74) is 3.10. The summed E-state index contributed by atoms with van der Waals surface area (Å²) >= 11 is 6.76. The lowest BCUT2D eigenvalue weighted by atomic mass is 9.85. The third-order valence-electron chi connectivity index (χ3n) is 18.3. The van der Waals surface area contributed by atoms with Gasteiger partial charge in [0.05, 0.1) is 19.1 Å². The van der Waals surface area contributed by atoms with Crippen LogP contribution in [0.3, 0.4) is 0 Å². The minimum absolute atomic E-state index is 0.0163. The van der Waals surface area contributed by atoms with Crippen LogP contribution < -0.4 is 15.4 Å². The Morgan fingerprint density at radius 3 is 1.54 bits per heavy atom. The molecule has 0 unspecified atom stereocenters. The van der Waals surface area contributed by atoms with Crippen molar-refractivity contribution in [1.29, 1.82) is 0 Å². The number of fused-ring (bicyclic) bond motifs is 1. The number of benzene rings is 4. The molecule has 4 aromatic carbocycles. The highest BCUT2D eigenvalue weighted by atomic mass is 79.9. The van der Waals surface area contributed by atoms with E-state index in [4.69, 9.17) is 4.74 Å². The predicted octanol–water partition coefficient (Wildman–Crippen LogP) is 10.7. The first-order chi connectivity index (χ1) is 40.4. The lowest BCUT2D eigenvalue weighted by molar-refractivity contribution is -0.127. The van der Waals surface area contributed by atoms with E-state index in [1.165, 1.54) is 182 Å². The second-order valence-electron chi connectivity index (χ2n) is 23.9. The number of nitrogens with one attached hydrogen (secondary N) is 2. The number of imide groups is 1. The van der Waals surface area contributed by atoms with Crippen LogP contribution >= 0.6 is 31.9 Å². The van der Waals surface area contributed by atoms with E-state index < -0.39 is 29.0 Å². The third-order valence-corrected chi connectivity index (χ3v) is 19.3. The number of hydrogen-bond acceptors (Lipinski definition) is 11. The molecule has 13 nitrogen and oxygen atoms in total. The van der Waals surface area contributed by atoms with Crippen molar-refractivity contribution in [3.05, 3.63) is 133 Å². The van der Waals surface area contributed by atoms with E-state index in [-0.39, 0.29) is 30.8 Å². The molecule has 1 atom stereocenters. The average molecular weight is 1260 g/mol. The van der Waals surface area contributed by atoms with E-state index in [1.54, 1.807) is 18.2 Å². The molecule has 0 spiro atoms. The van der Waals surface area contributed by atoms with Crippen LogP contribution in [0, 0.1) is 23.1 Å². The summed E-state index contributed by atoms with van der Waals surface area (Å²) in [6.07, 6.45) is 22.0. The van der Waals surface area contributed by atoms with Gasteiger partial charge in [0.2, 0.25) is 11.8 Å². The smallest absolute Gasteiger partial charge is 0.257 e. The lowest BCUT2D eigenvalue weighted by Gasteiger charge is -2.40. The fourth-order valence-electron chi connectivity index (χ4n) is 13.4. The number of carbonyl (C=O) groups excluding carboxylic acids is 4. The monoisotopic (exact) mass is 1260 g/mol. The molecule has 3 aliphatic carbocycles. The number of aldehydes is 1. The molecule has 2 N–H and O–H groups in total. The van der Waals surface area contributed by atoms with E-state index in [0.29, 0.717) is 11.1 Å². The highest BCUT2D eigenvalue weighted by Crippen LogP contribution is 2.36. The summed E-state index contributed by atoms with van der Waals surface area (Å²) in [4.78, 5) is 63.1. The first kappa shape index (κ1) is 62.7. The summed E-state index contributed by atoms with van der Waals surface area (Å²) in [5.74, 6) is 3.85. The molecular weight excluding hydrogens is 1180 g/mol. The van der Waals surface area contributed by atoms with Crippen molar-refractivity contribution in [2.24, 2.45) is 5.41 Å². The molecule has 7 fully saturated rings. The third kappa shape index (κ3) is 17.9. The maximum absolute atomic E-state index is 14.9. The molecule has 8 aliphatic rings. The SMILES string of the molecule is Brc1ccc(CN2CCN(C3CCCCC3)CC2)cc1.C1CCC(N2CCNCC2)CC1.COc1ccc2c(c1F)C(=O)N(C[C@@]1(C#Cc3ccc(CN4CCN(C5CCCCC5)CC4)cc3)CC(=O)NC1=O)C2.O=Cc1ccc(Br)cc1. The van der Waals surface area contributed by atoms with Crippen LogP contribution in [0.15, 0.2) is 93.9 Å². The van der Waals surface area contributed by atoms with Gasteiger partial charge in [-0.3, -0.25) is 49.0 Å². The molecular formula is C67H87Br2FN8O5. The Morgan fingerprint density at radius 2 is 1.08 bits per heavy atom. The van der Waals surface area contributed by atoms with Gasteiger partial charge in [0.15, 0.2) is 11.6 Å². The summed E-state index contributed by atoms with van der Waals surface area (Å²) in [5, 5.41) is 5.75. The second-order valence-corrected chi connectivity index (χ2v) is 25.8. The minimum atomic E-state index is -1.41. The number of ether oxygens (including phenoxy) is 1. The Balaban J connectivity index is 0.000000164. The summed E-state index contributed by atoms with van der Waals surface area (Å²) in [6, 6.07) is 29.6. The van der Waals surface area contributed by atoms with Crippen molar-refractivity contribution >= 4 is 55.9 Å². The highest BCUT2D eigenvalue weighted by Gasteiger charge is 2.49. The molecule has 83 heavy (non-hydrogen) atoms. The molecule has 0 radical (unpaired) electrons. The first-order valence-electron chi connectivity index (χ1n) is 30.9. The number of carbonyl (C=O) groups is 4. The molecule has 4 aromatic rings. The second kappa shape index (κ2) is 31.5. The van der Waals surface area contributed by atoms with Crippen molar-refractivity contribution in [3.8, 4) is 17.6 Å². The lowest BCUT2D eigenvalue weighted by Crippen LogP contribution is -2.50. The zero-order valence-corrected chi connectivity index (χ0v) is 52.1. The molecule has 3 saturated carbocycles. The molecule has 0 aromatic heterocycles. The van der Waals surface area contributed by atoms with Gasteiger partial charge in [-0.15, -0.1) is 0 Å². The molecule has 12 rings (SSSR count). The Bertz CT molecular complexity index is 2780. The predicted molar refractivity (Wildman–Crippen MR) is 334 cm³/mol. The fraction of sp³-hybridized carbons (Fsp3) is 0.552. The Labute approximate surface area is 510 Å². The number of amides is 3. The van der Waals surface area contributed by atoms with Crippen LogP contribution in [-0.4, -0.2) is 164 Å². The molecule has 5 heterocycles. The standard InChI is InChI=1S/C33H37FN4O4.C17H25BrN2.C10H20N2.C7H5BrO/c1-42-27-12-11-25-21-38(31(40)29(25)30(27)34)22-33(19-28(39)35-32(33)41)14-13-23-7-9-24(10-8-23)20-36-15-17-37(18-16-36)26-5-3-2-4-6-26;18-16-8-6-15(7-9-16)14-19-10-12-20(13-11-19)17-4-2-1-3-5-17;1-2-4-10(5-3-1)12-8-6-11-7-9-12;8-7-3-1-6(5-9)2-4-7/h7-12,26H,2-6,15-22H2,1H3,(H,35,39,41);6-9,17H,1-5,10-14H2;10-11H,1-9H2;1-5H/t33-;;;/m1.../s1. The van der Waals surface area contributed by atoms with Gasteiger partial charge in [-0.2, -0.15) is 0 Å². The van der Waals surface area contributed by atoms with Gasteiger partial charge in [0, 0.05) is 143 Å². The zero-order chi connectivity index (χ0) is 58.0. The van der Waals surface area contributed by atoms with E-state index in [0.717, 1.165) is 73.7 Å². The van der Waals surface area contributed by atoms with Gasteiger partial charge in [0.25, 0.3) is 5.91 Å². The average Bonchev–Trinajstić information content (AvgIpc) is 3.32. The molecule has 3 amide bonds. The normalized spacial score (nSPS) is 22.6. The quantitative estimate of drug-likeness (QED) is 0.0848. The molecule has 446 valence electrons. The van der Waals surface area contributed by atoms with Crippen LogP contribution in [-0.2, 0) is 29.2 Å². The van der Waals surface area contributed by atoms with Gasteiger partial charge in [-0.05, 0) is 97.7 Å². The van der Waals surface area contributed by atoms with Crippen LogP contribution in [0.5, 0.6) is 5.75 Å². The Kier molecular flexibility index (Phi) is 23.8. The number of halogens is 3. The number of nitrogens with zero attached hydrogens (tertiary/aromatic N) is 6. The van der Waals surface area contributed by atoms with Crippen LogP contribution in [0.2, 0.25) is 0 Å².